The fourth-order valence-corrected chi connectivity index (χ4v) is 2.33. The van der Waals surface area contributed by atoms with Crippen LogP contribution in [0.4, 0.5) is 5.69 Å². The molecule has 5 heteroatoms. The van der Waals surface area contributed by atoms with E-state index in [1.54, 1.807) is 0 Å². The van der Waals surface area contributed by atoms with Gasteiger partial charge in [0, 0.05) is 23.8 Å². The molecule has 1 aliphatic carbocycles. The molecule has 0 bridgehead atoms. The smallest absolute Gasteiger partial charge is 0.255 e. The normalized spacial score (nSPS) is 22.8. The highest BCUT2D eigenvalue weighted by molar-refractivity contribution is 5.75. The molecule has 0 spiro atoms. The third-order valence-corrected chi connectivity index (χ3v) is 3.36. The first-order valence-electron chi connectivity index (χ1n) is 6.67. The lowest BCUT2D eigenvalue weighted by atomic mass is 9.92. The van der Waals surface area contributed by atoms with Crippen LogP contribution in [0.5, 0.6) is 5.75 Å². The van der Waals surface area contributed by atoms with Crippen LogP contribution in [-0.4, -0.2) is 24.6 Å². The zero-order chi connectivity index (χ0) is 13.7. The fraction of sp³-hybridized carbons (Fsp3) is 0.500. The predicted molar refractivity (Wildman–Crippen MR) is 75.0 cm³/mol. The first kappa shape index (κ1) is 13.7. The van der Waals surface area contributed by atoms with E-state index < -0.39 is 5.91 Å². The van der Waals surface area contributed by atoms with Crippen LogP contribution >= 0.6 is 0 Å². The Morgan fingerprint density at radius 1 is 1.32 bits per heavy atom. The molecule has 1 aromatic rings. The first-order valence-corrected chi connectivity index (χ1v) is 6.67. The van der Waals surface area contributed by atoms with E-state index in [0.717, 1.165) is 31.4 Å². The summed E-state index contributed by atoms with van der Waals surface area (Å²) in [6, 6.07) is 8.40. The third kappa shape index (κ3) is 4.44. The van der Waals surface area contributed by atoms with E-state index in [1.165, 1.54) is 0 Å². The summed E-state index contributed by atoms with van der Waals surface area (Å²) in [7, 11) is 0. The maximum atomic E-state index is 10.7. The molecule has 0 aromatic heterocycles. The first-order chi connectivity index (χ1) is 9.13. The molecule has 1 saturated carbocycles. The number of ether oxygens (including phenoxy) is 1. The van der Waals surface area contributed by atoms with Gasteiger partial charge in [0.25, 0.3) is 5.91 Å². The van der Waals surface area contributed by atoms with Gasteiger partial charge in [0.1, 0.15) is 5.75 Å². The van der Waals surface area contributed by atoms with Gasteiger partial charge < -0.3 is 21.5 Å². The minimum absolute atomic E-state index is 0.0955. The van der Waals surface area contributed by atoms with Crippen LogP contribution in [0.1, 0.15) is 25.7 Å². The number of primary amides is 1. The van der Waals surface area contributed by atoms with Crippen molar-refractivity contribution in [2.24, 2.45) is 11.5 Å². The van der Waals surface area contributed by atoms with Crippen molar-refractivity contribution in [1.82, 2.24) is 0 Å². The van der Waals surface area contributed by atoms with Crippen LogP contribution in [-0.2, 0) is 4.79 Å². The molecule has 1 aliphatic rings. The van der Waals surface area contributed by atoms with E-state index in [1.807, 2.05) is 24.3 Å². The van der Waals surface area contributed by atoms with Gasteiger partial charge in [0.2, 0.25) is 0 Å². The molecule has 0 unspecified atom stereocenters. The number of hydrogen-bond acceptors (Lipinski definition) is 4. The Hall–Kier alpha value is -1.75. The van der Waals surface area contributed by atoms with Crippen molar-refractivity contribution < 1.29 is 9.53 Å². The summed E-state index contributed by atoms with van der Waals surface area (Å²) >= 11 is 0. The monoisotopic (exact) mass is 263 g/mol. The number of hydrogen-bond donors (Lipinski definition) is 3. The summed E-state index contributed by atoms with van der Waals surface area (Å²) in [6.45, 7) is -0.0955. The molecule has 0 atom stereocenters. The molecule has 5 N–H and O–H groups in total. The predicted octanol–water partition coefficient (Wildman–Crippen LogP) is 1.23. The Balaban J connectivity index is 1.89. The standard InChI is InChI=1S/C14H21N3O2/c15-10-4-6-11(7-5-10)17-12-2-1-3-13(8-12)19-9-14(16)18/h1-3,8,10-11,17H,4-7,9,15H2,(H2,16,18). The van der Waals surface area contributed by atoms with E-state index in [2.05, 4.69) is 5.32 Å². The lowest BCUT2D eigenvalue weighted by Gasteiger charge is -2.27. The van der Waals surface area contributed by atoms with Crippen molar-refractivity contribution in [3.05, 3.63) is 24.3 Å². The highest BCUT2D eigenvalue weighted by atomic mass is 16.5. The highest BCUT2D eigenvalue weighted by Crippen LogP contribution is 2.23. The van der Waals surface area contributed by atoms with Crippen molar-refractivity contribution in [1.29, 1.82) is 0 Å². The zero-order valence-electron chi connectivity index (χ0n) is 11.0. The molecule has 0 radical (unpaired) electrons. The van der Waals surface area contributed by atoms with Gasteiger partial charge in [0.05, 0.1) is 0 Å². The molecule has 1 amide bonds. The summed E-state index contributed by atoms with van der Waals surface area (Å²) in [6.07, 6.45) is 4.31. The second kappa shape index (κ2) is 6.43. The average molecular weight is 263 g/mol. The van der Waals surface area contributed by atoms with Gasteiger partial charge in [-0.2, -0.15) is 0 Å². The van der Waals surface area contributed by atoms with Crippen LogP contribution in [0, 0.1) is 0 Å². The summed E-state index contributed by atoms with van der Waals surface area (Å²) in [5.74, 6) is 0.177. The largest absolute Gasteiger partial charge is 0.484 e. The van der Waals surface area contributed by atoms with Crippen LogP contribution < -0.4 is 21.5 Å². The number of carbonyl (C=O) groups is 1. The van der Waals surface area contributed by atoms with Crippen LogP contribution in [0.3, 0.4) is 0 Å². The molecule has 1 fully saturated rings. The third-order valence-electron chi connectivity index (χ3n) is 3.36. The Labute approximate surface area is 113 Å². The second-order valence-corrected chi connectivity index (χ2v) is 5.04. The number of nitrogens with one attached hydrogen (secondary N) is 1. The Morgan fingerprint density at radius 2 is 2.05 bits per heavy atom. The minimum atomic E-state index is -0.473. The van der Waals surface area contributed by atoms with Crippen LogP contribution in [0.15, 0.2) is 24.3 Å². The van der Waals surface area contributed by atoms with Gasteiger partial charge >= 0.3 is 0 Å². The summed E-state index contributed by atoms with van der Waals surface area (Å²) in [5.41, 5.74) is 11.9. The second-order valence-electron chi connectivity index (χ2n) is 5.04. The highest BCUT2D eigenvalue weighted by Gasteiger charge is 2.18. The SMILES string of the molecule is NC(=O)COc1cccc(NC2CCC(N)CC2)c1. The molecular weight excluding hydrogens is 242 g/mol. The molecule has 1 aromatic carbocycles. The van der Waals surface area contributed by atoms with Crippen molar-refractivity contribution in [2.45, 2.75) is 37.8 Å². The van der Waals surface area contributed by atoms with Crippen molar-refractivity contribution >= 4 is 11.6 Å². The molecule has 2 rings (SSSR count). The molecule has 19 heavy (non-hydrogen) atoms. The van der Waals surface area contributed by atoms with E-state index >= 15 is 0 Å². The van der Waals surface area contributed by atoms with Gasteiger partial charge in [-0.1, -0.05) is 6.07 Å². The number of nitrogens with two attached hydrogens (primary N) is 2. The number of carbonyl (C=O) groups excluding carboxylic acids is 1. The van der Waals surface area contributed by atoms with E-state index in [0.29, 0.717) is 17.8 Å². The maximum Gasteiger partial charge on any atom is 0.255 e. The molecule has 0 heterocycles. The van der Waals surface area contributed by atoms with Crippen molar-refractivity contribution in [2.75, 3.05) is 11.9 Å². The Morgan fingerprint density at radius 3 is 2.74 bits per heavy atom. The molecule has 104 valence electrons. The Kier molecular flexibility index (Phi) is 4.63. The molecular formula is C14H21N3O2. The van der Waals surface area contributed by atoms with Gasteiger partial charge in [-0.3, -0.25) is 4.79 Å². The van der Waals surface area contributed by atoms with Gasteiger partial charge in [-0.05, 0) is 37.8 Å². The van der Waals surface area contributed by atoms with Gasteiger partial charge in [-0.15, -0.1) is 0 Å². The number of rotatable bonds is 5. The zero-order valence-corrected chi connectivity index (χ0v) is 11.0. The van der Waals surface area contributed by atoms with Crippen molar-refractivity contribution in [3.63, 3.8) is 0 Å². The topological polar surface area (TPSA) is 90.4 Å². The lowest BCUT2D eigenvalue weighted by Crippen LogP contribution is -2.32. The summed E-state index contributed by atoms with van der Waals surface area (Å²) in [5, 5.41) is 3.48. The quantitative estimate of drug-likeness (QED) is 0.745. The maximum absolute atomic E-state index is 10.7. The van der Waals surface area contributed by atoms with E-state index in [9.17, 15) is 4.79 Å². The number of anilines is 1. The number of amides is 1. The fourth-order valence-electron chi connectivity index (χ4n) is 2.33. The average Bonchev–Trinajstić information content (AvgIpc) is 2.40. The van der Waals surface area contributed by atoms with E-state index in [-0.39, 0.29) is 6.61 Å². The molecule has 0 aliphatic heterocycles. The molecule has 5 nitrogen and oxygen atoms in total. The van der Waals surface area contributed by atoms with Crippen molar-refractivity contribution in [3.8, 4) is 5.75 Å². The number of benzene rings is 1. The van der Waals surface area contributed by atoms with Gasteiger partial charge in [0.15, 0.2) is 6.61 Å². The van der Waals surface area contributed by atoms with Crippen LogP contribution in [0.2, 0.25) is 0 Å². The van der Waals surface area contributed by atoms with Crippen LogP contribution in [0.25, 0.3) is 0 Å². The molecule has 0 saturated heterocycles. The summed E-state index contributed by atoms with van der Waals surface area (Å²) in [4.78, 5) is 10.7. The lowest BCUT2D eigenvalue weighted by molar-refractivity contribution is -0.119. The summed E-state index contributed by atoms with van der Waals surface area (Å²) < 4.78 is 5.28. The Bertz CT molecular complexity index is 428. The minimum Gasteiger partial charge on any atom is -0.484 e. The van der Waals surface area contributed by atoms with Gasteiger partial charge in [-0.25, -0.2) is 0 Å². The van der Waals surface area contributed by atoms with E-state index in [4.69, 9.17) is 16.2 Å².